The molecule has 1 aliphatic rings. The van der Waals surface area contributed by atoms with E-state index in [2.05, 4.69) is 0 Å². The molecule has 0 saturated carbocycles. The van der Waals surface area contributed by atoms with E-state index in [-0.39, 0.29) is 17.9 Å². The molecule has 0 fully saturated rings. The van der Waals surface area contributed by atoms with Crippen LogP contribution in [0.2, 0.25) is 0 Å². The third kappa shape index (κ3) is 3.54. The van der Waals surface area contributed by atoms with Crippen LogP contribution in [-0.4, -0.2) is 48.7 Å². The summed E-state index contributed by atoms with van der Waals surface area (Å²) in [7, 11) is -3.61. The summed E-state index contributed by atoms with van der Waals surface area (Å²) in [5.41, 5.74) is 0.565. The van der Waals surface area contributed by atoms with Gasteiger partial charge in [0.1, 0.15) is 0 Å². The van der Waals surface area contributed by atoms with Crippen molar-refractivity contribution in [1.82, 2.24) is 0 Å². The lowest BCUT2D eigenvalue weighted by Gasteiger charge is -2.16. The van der Waals surface area contributed by atoms with Crippen molar-refractivity contribution in [2.75, 3.05) is 6.26 Å². The van der Waals surface area contributed by atoms with Crippen LogP contribution in [0.1, 0.15) is 12.5 Å². The van der Waals surface area contributed by atoms with Gasteiger partial charge in [-0.15, -0.1) is 0 Å². The minimum absolute atomic E-state index is 0.0322. The van der Waals surface area contributed by atoms with E-state index in [0.717, 1.165) is 6.26 Å². The van der Waals surface area contributed by atoms with E-state index >= 15 is 0 Å². The standard InChI is InChI=1S/C13H14O9S/c1-7(22-23(2,18)19)5-8-3-4-9-10(6-8)21-13(20-9,11(14)15)12(16)17/h3-4,6-7H,5H2,1-2H3,(H,14,15)(H,16,17)/t7-/m1/s1. The smallest absolute Gasteiger partial charge is 0.453 e. The highest BCUT2D eigenvalue weighted by atomic mass is 32.2. The Hall–Kier alpha value is -2.33. The van der Waals surface area contributed by atoms with Crippen LogP contribution in [0.4, 0.5) is 0 Å². The number of carboxylic acid groups (broad SMARTS) is 2. The van der Waals surface area contributed by atoms with Crippen molar-refractivity contribution in [3.05, 3.63) is 23.8 Å². The van der Waals surface area contributed by atoms with Crippen LogP contribution in [0.15, 0.2) is 18.2 Å². The molecule has 1 heterocycles. The number of rotatable bonds is 6. The Morgan fingerprint density at radius 3 is 2.30 bits per heavy atom. The summed E-state index contributed by atoms with van der Waals surface area (Å²) in [6.45, 7) is 1.55. The van der Waals surface area contributed by atoms with Crippen molar-refractivity contribution in [2.24, 2.45) is 0 Å². The molecular formula is C13H14O9S. The van der Waals surface area contributed by atoms with E-state index in [9.17, 15) is 18.0 Å². The molecule has 0 aliphatic carbocycles. The fraction of sp³-hybridized carbons (Fsp3) is 0.385. The predicted octanol–water partition coefficient (Wildman–Crippen LogP) is 0.231. The summed E-state index contributed by atoms with van der Waals surface area (Å²) >= 11 is 0. The summed E-state index contributed by atoms with van der Waals surface area (Å²) in [4.78, 5) is 22.3. The van der Waals surface area contributed by atoms with Crippen LogP contribution in [0, 0.1) is 0 Å². The van der Waals surface area contributed by atoms with E-state index in [1.807, 2.05) is 0 Å². The quantitative estimate of drug-likeness (QED) is 0.548. The first-order valence-corrected chi connectivity index (χ1v) is 8.21. The number of carboxylic acids is 2. The van der Waals surface area contributed by atoms with Crippen LogP contribution in [0.3, 0.4) is 0 Å². The van der Waals surface area contributed by atoms with Gasteiger partial charge in [-0.2, -0.15) is 8.42 Å². The second kappa shape index (κ2) is 5.70. The molecule has 10 heteroatoms. The molecule has 2 rings (SSSR count). The maximum absolute atomic E-state index is 11.1. The molecule has 0 saturated heterocycles. The van der Waals surface area contributed by atoms with Crippen LogP contribution < -0.4 is 9.47 Å². The van der Waals surface area contributed by atoms with E-state index in [1.54, 1.807) is 6.92 Å². The predicted molar refractivity (Wildman–Crippen MR) is 74.8 cm³/mol. The Labute approximate surface area is 131 Å². The second-order valence-corrected chi connectivity index (χ2v) is 6.63. The van der Waals surface area contributed by atoms with Crippen molar-refractivity contribution in [3.8, 4) is 11.5 Å². The lowest BCUT2D eigenvalue weighted by molar-refractivity contribution is -0.194. The number of carbonyl (C=O) groups is 2. The van der Waals surface area contributed by atoms with Gasteiger partial charge in [-0.05, 0) is 31.0 Å². The minimum Gasteiger partial charge on any atom is -0.475 e. The summed E-state index contributed by atoms with van der Waals surface area (Å²) in [5, 5.41) is 18.1. The largest absolute Gasteiger partial charge is 0.475 e. The molecule has 1 atom stereocenters. The van der Waals surface area contributed by atoms with Crippen LogP contribution in [0.5, 0.6) is 11.5 Å². The normalized spacial score (nSPS) is 16.8. The van der Waals surface area contributed by atoms with Crippen LogP contribution >= 0.6 is 0 Å². The summed E-state index contributed by atoms with van der Waals surface area (Å²) in [5.74, 6) is -6.50. The molecule has 2 N–H and O–H groups in total. The summed E-state index contributed by atoms with van der Waals surface area (Å²) in [6.07, 6.45) is 0.461. The topological polar surface area (TPSA) is 136 Å². The number of aliphatic carboxylic acids is 2. The Bertz CT molecular complexity index is 739. The number of hydrogen-bond acceptors (Lipinski definition) is 7. The van der Waals surface area contributed by atoms with E-state index < -0.39 is 33.9 Å². The number of fused-ring (bicyclic) bond motifs is 1. The number of hydrogen-bond donors (Lipinski definition) is 2. The average Bonchev–Trinajstić information content (AvgIpc) is 2.76. The monoisotopic (exact) mass is 346 g/mol. The van der Waals surface area contributed by atoms with Gasteiger partial charge in [0, 0.05) is 0 Å². The number of ether oxygens (including phenoxy) is 2. The van der Waals surface area contributed by atoms with Gasteiger partial charge in [-0.1, -0.05) is 6.07 Å². The Balaban J connectivity index is 2.21. The van der Waals surface area contributed by atoms with Crippen LogP contribution in [0.25, 0.3) is 0 Å². The van der Waals surface area contributed by atoms with Gasteiger partial charge in [0.2, 0.25) is 0 Å². The van der Waals surface area contributed by atoms with E-state index in [0.29, 0.717) is 5.56 Å². The van der Waals surface area contributed by atoms with Crippen molar-refractivity contribution < 1.29 is 41.9 Å². The van der Waals surface area contributed by atoms with Gasteiger partial charge in [0.05, 0.1) is 12.4 Å². The van der Waals surface area contributed by atoms with Gasteiger partial charge in [0.15, 0.2) is 11.5 Å². The zero-order chi connectivity index (χ0) is 17.4. The highest BCUT2D eigenvalue weighted by molar-refractivity contribution is 7.86. The molecule has 0 amide bonds. The SMILES string of the molecule is C[C@H](Cc1ccc2c(c1)OC(C(=O)O)(C(=O)O)O2)OS(C)(=O)=O. The Morgan fingerprint density at radius 1 is 1.22 bits per heavy atom. The molecule has 1 aromatic carbocycles. The highest BCUT2D eigenvalue weighted by Crippen LogP contribution is 2.40. The molecule has 1 aliphatic heterocycles. The first-order valence-electron chi connectivity index (χ1n) is 6.39. The molecule has 9 nitrogen and oxygen atoms in total. The average molecular weight is 346 g/mol. The molecular weight excluding hydrogens is 332 g/mol. The Kier molecular flexibility index (Phi) is 4.22. The van der Waals surface area contributed by atoms with E-state index in [1.165, 1.54) is 18.2 Å². The molecule has 0 spiro atoms. The first kappa shape index (κ1) is 17.0. The first-order chi connectivity index (χ1) is 10.5. The van der Waals surface area contributed by atoms with Gasteiger partial charge >= 0.3 is 17.7 Å². The van der Waals surface area contributed by atoms with Gasteiger partial charge < -0.3 is 19.7 Å². The van der Waals surface area contributed by atoms with Crippen LogP contribution in [-0.2, 0) is 30.3 Å². The highest BCUT2D eigenvalue weighted by Gasteiger charge is 2.57. The molecule has 0 bridgehead atoms. The Morgan fingerprint density at radius 2 is 1.78 bits per heavy atom. The molecule has 0 aromatic heterocycles. The maximum atomic E-state index is 11.1. The summed E-state index contributed by atoms with van der Waals surface area (Å²) < 4.78 is 36.8. The van der Waals surface area contributed by atoms with Gasteiger partial charge in [-0.25, -0.2) is 9.59 Å². The zero-order valence-corrected chi connectivity index (χ0v) is 13.0. The molecule has 23 heavy (non-hydrogen) atoms. The fourth-order valence-electron chi connectivity index (χ4n) is 2.10. The third-order valence-electron chi connectivity index (χ3n) is 2.94. The molecule has 126 valence electrons. The number of benzene rings is 1. The third-order valence-corrected chi connectivity index (χ3v) is 3.62. The maximum Gasteiger partial charge on any atom is 0.453 e. The van der Waals surface area contributed by atoms with Gasteiger partial charge in [0.25, 0.3) is 10.1 Å². The van der Waals surface area contributed by atoms with Gasteiger partial charge in [-0.3, -0.25) is 4.18 Å². The van der Waals surface area contributed by atoms with E-state index in [4.69, 9.17) is 23.9 Å². The fourth-order valence-corrected chi connectivity index (χ4v) is 2.77. The lowest BCUT2D eigenvalue weighted by Crippen LogP contribution is -2.54. The van der Waals surface area contributed by atoms with Crippen molar-refractivity contribution >= 4 is 22.1 Å². The minimum atomic E-state index is -3.61. The molecule has 0 radical (unpaired) electrons. The second-order valence-electron chi connectivity index (χ2n) is 5.03. The van der Waals surface area contributed by atoms with Crippen molar-refractivity contribution in [2.45, 2.75) is 25.2 Å². The lowest BCUT2D eigenvalue weighted by atomic mass is 10.1. The molecule has 0 unspecified atom stereocenters. The summed E-state index contributed by atoms with van der Waals surface area (Å²) in [6, 6.07) is 4.26. The van der Waals surface area contributed by atoms with Crippen molar-refractivity contribution in [1.29, 1.82) is 0 Å². The molecule has 1 aromatic rings. The zero-order valence-electron chi connectivity index (χ0n) is 12.2. The van der Waals surface area contributed by atoms with Crippen molar-refractivity contribution in [3.63, 3.8) is 0 Å².